The Labute approximate surface area is 181 Å². The molecule has 0 bridgehead atoms. The highest BCUT2D eigenvalue weighted by atomic mass is 35.5. The molecule has 1 atom stereocenters. The fourth-order valence-electron chi connectivity index (χ4n) is 2.36. The number of ether oxygens (including phenoxy) is 1. The normalized spacial score (nSPS) is 12.3. The van der Waals surface area contributed by atoms with Gasteiger partial charge in [0.25, 0.3) is 0 Å². The van der Waals surface area contributed by atoms with E-state index in [9.17, 15) is 18.0 Å². The quantitative estimate of drug-likeness (QED) is 0.332. The Morgan fingerprint density at radius 3 is 2.69 bits per heavy atom. The molecule has 1 aromatic carbocycles. The van der Waals surface area contributed by atoms with Crippen molar-refractivity contribution in [2.24, 2.45) is 0 Å². The third-order valence-corrected chi connectivity index (χ3v) is 6.93. The fourth-order valence-corrected chi connectivity index (χ4v) is 5.34. The lowest BCUT2D eigenvalue weighted by atomic mass is 10.2. The average molecular weight is 479 g/mol. The van der Waals surface area contributed by atoms with Crippen molar-refractivity contribution >= 4 is 67.4 Å². The SMILES string of the molecule is CC[C@@H](C(=O)Nc1nnc(SCC(=O)OC)s1)N(c1cccc(Cl)c1)S(C)(=O)=O. The van der Waals surface area contributed by atoms with Crippen molar-refractivity contribution in [2.45, 2.75) is 23.7 Å². The summed E-state index contributed by atoms with van der Waals surface area (Å²) >= 11 is 8.18. The third kappa shape index (κ3) is 6.56. The van der Waals surface area contributed by atoms with Gasteiger partial charge in [-0.2, -0.15) is 0 Å². The second kappa shape index (κ2) is 10.2. The molecule has 1 heterocycles. The summed E-state index contributed by atoms with van der Waals surface area (Å²) in [5, 5.41) is 10.9. The van der Waals surface area contributed by atoms with Crippen molar-refractivity contribution in [2.75, 3.05) is 28.7 Å². The second-order valence-electron chi connectivity index (χ2n) is 5.69. The van der Waals surface area contributed by atoms with Gasteiger partial charge >= 0.3 is 5.97 Å². The summed E-state index contributed by atoms with van der Waals surface area (Å²) in [6.07, 6.45) is 1.24. The first kappa shape index (κ1) is 23.4. The van der Waals surface area contributed by atoms with Crippen LogP contribution in [0, 0.1) is 0 Å². The van der Waals surface area contributed by atoms with Crippen molar-refractivity contribution in [1.29, 1.82) is 0 Å². The molecule has 13 heteroatoms. The van der Waals surface area contributed by atoms with E-state index in [2.05, 4.69) is 20.3 Å². The van der Waals surface area contributed by atoms with Gasteiger partial charge in [-0.1, -0.05) is 47.7 Å². The van der Waals surface area contributed by atoms with Gasteiger partial charge in [0, 0.05) is 5.02 Å². The molecule has 0 saturated heterocycles. The summed E-state index contributed by atoms with van der Waals surface area (Å²) in [5.74, 6) is -0.904. The number of hydrogen-bond acceptors (Lipinski definition) is 9. The molecular weight excluding hydrogens is 460 g/mol. The zero-order chi connectivity index (χ0) is 21.6. The smallest absolute Gasteiger partial charge is 0.316 e. The van der Waals surface area contributed by atoms with Crippen LogP contribution in [-0.2, 0) is 24.3 Å². The van der Waals surface area contributed by atoms with Gasteiger partial charge in [0.1, 0.15) is 6.04 Å². The lowest BCUT2D eigenvalue weighted by Crippen LogP contribution is -2.47. The van der Waals surface area contributed by atoms with Gasteiger partial charge in [0.2, 0.25) is 21.1 Å². The van der Waals surface area contributed by atoms with Gasteiger partial charge in [-0.15, -0.1) is 10.2 Å². The molecular formula is C16H19ClN4O5S3. The summed E-state index contributed by atoms with van der Waals surface area (Å²) in [5.41, 5.74) is 0.286. The highest BCUT2D eigenvalue weighted by Crippen LogP contribution is 2.28. The van der Waals surface area contributed by atoms with Gasteiger partial charge in [0.05, 0.1) is 24.8 Å². The van der Waals surface area contributed by atoms with Crippen molar-refractivity contribution < 1.29 is 22.7 Å². The predicted molar refractivity (Wildman–Crippen MR) is 114 cm³/mol. The maximum absolute atomic E-state index is 12.8. The van der Waals surface area contributed by atoms with E-state index < -0.39 is 27.9 Å². The van der Waals surface area contributed by atoms with Gasteiger partial charge in [-0.05, 0) is 24.6 Å². The fraction of sp³-hybridized carbons (Fsp3) is 0.375. The molecule has 1 aromatic heterocycles. The Balaban J connectivity index is 2.20. The molecule has 0 radical (unpaired) electrons. The third-order valence-electron chi connectivity index (χ3n) is 3.57. The number of hydrogen-bond donors (Lipinski definition) is 1. The molecule has 0 aliphatic carbocycles. The number of aromatic nitrogens is 2. The van der Waals surface area contributed by atoms with Crippen LogP contribution in [0.5, 0.6) is 0 Å². The van der Waals surface area contributed by atoms with E-state index in [1.165, 1.54) is 13.2 Å². The number of rotatable bonds is 9. The molecule has 158 valence electrons. The van der Waals surface area contributed by atoms with Crippen LogP contribution >= 0.6 is 34.7 Å². The van der Waals surface area contributed by atoms with Crippen LogP contribution in [0.1, 0.15) is 13.3 Å². The Kier molecular flexibility index (Phi) is 8.25. The van der Waals surface area contributed by atoms with Crippen molar-refractivity contribution in [3.63, 3.8) is 0 Å². The van der Waals surface area contributed by atoms with Gasteiger partial charge in [0.15, 0.2) is 4.34 Å². The molecule has 0 aliphatic rings. The van der Waals surface area contributed by atoms with Crippen LogP contribution in [0.4, 0.5) is 10.8 Å². The number of nitrogens with zero attached hydrogens (tertiary/aromatic N) is 3. The monoisotopic (exact) mass is 478 g/mol. The minimum Gasteiger partial charge on any atom is -0.468 e. The summed E-state index contributed by atoms with van der Waals surface area (Å²) in [6.45, 7) is 1.70. The van der Waals surface area contributed by atoms with Crippen LogP contribution in [0.3, 0.4) is 0 Å². The van der Waals surface area contributed by atoms with Crippen LogP contribution in [0.2, 0.25) is 5.02 Å². The molecule has 1 N–H and O–H groups in total. The van der Waals surface area contributed by atoms with Crippen molar-refractivity contribution in [3.05, 3.63) is 29.3 Å². The van der Waals surface area contributed by atoms with E-state index in [-0.39, 0.29) is 23.0 Å². The topological polar surface area (TPSA) is 119 Å². The molecule has 29 heavy (non-hydrogen) atoms. The Morgan fingerprint density at radius 1 is 1.38 bits per heavy atom. The number of amides is 1. The number of nitrogens with one attached hydrogen (secondary N) is 1. The predicted octanol–water partition coefficient (Wildman–Crippen LogP) is 2.64. The highest BCUT2D eigenvalue weighted by Gasteiger charge is 2.32. The van der Waals surface area contributed by atoms with E-state index in [1.807, 2.05) is 0 Å². The lowest BCUT2D eigenvalue weighted by molar-refractivity contribution is -0.137. The van der Waals surface area contributed by atoms with Crippen LogP contribution in [0.15, 0.2) is 28.6 Å². The number of sulfonamides is 1. The maximum Gasteiger partial charge on any atom is 0.316 e. The molecule has 9 nitrogen and oxygen atoms in total. The van der Waals surface area contributed by atoms with Gasteiger partial charge in [-0.3, -0.25) is 19.2 Å². The molecule has 0 saturated carbocycles. The summed E-state index contributed by atoms with van der Waals surface area (Å²) in [6, 6.07) is 5.25. The number of thioether (sulfide) groups is 1. The summed E-state index contributed by atoms with van der Waals surface area (Å²) in [4.78, 5) is 24.0. The molecule has 0 fully saturated rings. The second-order valence-corrected chi connectivity index (χ2v) is 10.2. The average Bonchev–Trinajstić information content (AvgIpc) is 3.10. The maximum atomic E-state index is 12.8. The number of esters is 1. The van der Waals surface area contributed by atoms with E-state index >= 15 is 0 Å². The number of halogens is 1. The largest absolute Gasteiger partial charge is 0.468 e. The zero-order valence-corrected chi connectivity index (χ0v) is 19.0. The number of anilines is 2. The number of methoxy groups -OCH3 is 1. The molecule has 0 unspecified atom stereocenters. The van der Waals surface area contributed by atoms with Crippen LogP contribution < -0.4 is 9.62 Å². The van der Waals surface area contributed by atoms with Gasteiger partial charge < -0.3 is 4.74 Å². The first-order valence-electron chi connectivity index (χ1n) is 8.24. The van der Waals surface area contributed by atoms with E-state index in [0.29, 0.717) is 9.36 Å². The van der Waals surface area contributed by atoms with Crippen LogP contribution in [0.25, 0.3) is 0 Å². The Hall–Kier alpha value is -1.89. The van der Waals surface area contributed by atoms with E-state index in [0.717, 1.165) is 33.7 Å². The standard InChI is InChI=1S/C16H19ClN4O5S3/c1-4-12(21(29(3,24)25)11-7-5-6-10(17)8-11)14(23)18-15-19-20-16(28-15)27-9-13(22)26-2/h5-8,12H,4,9H2,1-3H3,(H,18,19,23)/t12-/m0/s1. The first-order valence-corrected chi connectivity index (χ1v) is 12.3. The Bertz CT molecular complexity index is 982. The minimum absolute atomic E-state index is 0.0628. The zero-order valence-electron chi connectivity index (χ0n) is 15.8. The minimum atomic E-state index is -3.77. The number of carbonyl (C=O) groups is 2. The molecule has 2 aromatic rings. The van der Waals surface area contributed by atoms with E-state index in [4.69, 9.17) is 11.6 Å². The Morgan fingerprint density at radius 2 is 2.10 bits per heavy atom. The van der Waals surface area contributed by atoms with Crippen molar-refractivity contribution in [1.82, 2.24) is 10.2 Å². The first-order chi connectivity index (χ1) is 13.7. The summed E-state index contributed by atoms with van der Waals surface area (Å²) in [7, 11) is -2.49. The molecule has 1 amide bonds. The molecule has 0 aliphatic heterocycles. The molecule has 0 spiro atoms. The lowest BCUT2D eigenvalue weighted by Gasteiger charge is -2.29. The number of carbonyl (C=O) groups excluding carboxylic acids is 2. The summed E-state index contributed by atoms with van der Waals surface area (Å²) < 4.78 is 30.9. The van der Waals surface area contributed by atoms with Crippen LogP contribution in [-0.4, -0.2) is 55.7 Å². The highest BCUT2D eigenvalue weighted by molar-refractivity contribution is 8.01. The molecule has 2 rings (SSSR count). The van der Waals surface area contributed by atoms with Gasteiger partial charge in [-0.25, -0.2) is 8.42 Å². The number of benzene rings is 1. The van der Waals surface area contributed by atoms with E-state index in [1.54, 1.807) is 25.1 Å². The van der Waals surface area contributed by atoms with Crippen molar-refractivity contribution in [3.8, 4) is 0 Å².